The van der Waals surface area contributed by atoms with Crippen LogP contribution in [0, 0.1) is 6.92 Å². The second kappa shape index (κ2) is 7.64. The summed E-state index contributed by atoms with van der Waals surface area (Å²) in [6.07, 6.45) is 0. The molecule has 1 aliphatic heterocycles. The van der Waals surface area contributed by atoms with Gasteiger partial charge < -0.3 is 9.64 Å². The number of rotatable bonds is 4. The van der Waals surface area contributed by atoms with Gasteiger partial charge in [-0.05, 0) is 42.8 Å². The van der Waals surface area contributed by atoms with E-state index in [1.54, 1.807) is 31.4 Å². The number of aryl methyl sites for hydroxylation is 1. The van der Waals surface area contributed by atoms with Gasteiger partial charge in [-0.3, -0.25) is 0 Å². The van der Waals surface area contributed by atoms with Crippen molar-refractivity contribution in [3.63, 3.8) is 0 Å². The van der Waals surface area contributed by atoms with Crippen molar-refractivity contribution in [2.75, 3.05) is 38.2 Å². The summed E-state index contributed by atoms with van der Waals surface area (Å²) >= 11 is 12.4. The van der Waals surface area contributed by atoms with E-state index in [4.69, 9.17) is 27.9 Å². The minimum atomic E-state index is -3.54. The molecule has 1 aliphatic rings. The van der Waals surface area contributed by atoms with Crippen molar-refractivity contribution in [3.8, 4) is 5.75 Å². The molecule has 0 radical (unpaired) electrons. The van der Waals surface area contributed by atoms with Crippen molar-refractivity contribution >= 4 is 38.9 Å². The van der Waals surface area contributed by atoms with Crippen LogP contribution in [-0.4, -0.2) is 46.0 Å². The SMILES string of the molecule is COc1ccc(S(=O)(=O)N2CCN(c3cccc(Cl)c3Cl)CC2)cc1C. The Bertz CT molecular complexity index is 911. The number of sulfonamides is 1. The number of piperazine rings is 1. The van der Waals surface area contributed by atoms with Crippen LogP contribution in [0.4, 0.5) is 5.69 Å². The molecule has 0 aliphatic carbocycles. The minimum absolute atomic E-state index is 0.282. The Balaban J connectivity index is 1.76. The summed E-state index contributed by atoms with van der Waals surface area (Å²) in [5.41, 5.74) is 1.62. The summed E-state index contributed by atoms with van der Waals surface area (Å²) in [7, 11) is -1.98. The first-order chi connectivity index (χ1) is 12.3. The quantitative estimate of drug-likeness (QED) is 0.762. The highest BCUT2D eigenvalue weighted by atomic mass is 35.5. The molecule has 0 saturated carbocycles. The predicted octanol–water partition coefficient (Wildman–Crippen LogP) is 3.82. The van der Waals surface area contributed by atoms with E-state index in [0.29, 0.717) is 42.0 Å². The largest absolute Gasteiger partial charge is 0.496 e. The summed E-state index contributed by atoms with van der Waals surface area (Å²) in [6.45, 7) is 3.70. The van der Waals surface area contributed by atoms with Crippen molar-refractivity contribution in [2.24, 2.45) is 0 Å². The first-order valence-corrected chi connectivity index (χ1v) is 10.4. The Morgan fingerprint density at radius 2 is 1.73 bits per heavy atom. The highest BCUT2D eigenvalue weighted by Crippen LogP contribution is 2.33. The molecule has 1 heterocycles. The average molecular weight is 415 g/mol. The maximum atomic E-state index is 12.9. The Kier molecular flexibility index (Phi) is 5.67. The number of hydrogen-bond donors (Lipinski definition) is 0. The monoisotopic (exact) mass is 414 g/mol. The second-order valence-corrected chi connectivity index (χ2v) is 8.82. The number of anilines is 1. The fraction of sp³-hybridized carbons (Fsp3) is 0.333. The zero-order chi connectivity index (χ0) is 18.9. The van der Waals surface area contributed by atoms with Crippen LogP contribution in [0.3, 0.4) is 0 Å². The molecule has 2 aromatic rings. The molecule has 0 spiro atoms. The first kappa shape index (κ1) is 19.3. The summed E-state index contributed by atoms with van der Waals surface area (Å²) in [4.78, 5) is 2.34. The molecular weight excluding hydrogens is 395 g/mol. The third-order valence-electron chi connectivity index (χ3n) is 4.51. The zero-order valence-corrected chi connectivity index (χ0v) is 16.9. The lowest BCUT2D eigenvalue weighted by Gasteiger charge is -2.36. The summed E-state index contributed by atoms with van der Waals surface area (Å²) in [5, 5.41) is 0.990. The molecule has 0 atom stereocenters. The lowest BCUT2D eigenvalue weighted by Crippen LogP contribution is -2.48. The van der Waals surface area contributed by atoms with Gasteiger partial charge in [0.25, 0.3) is 0 Å². The Morgan fingerprint density at radius 3 is 2.35 bits per heavy atom. The van der Waals surface area contributed by atoms with Crippen LogP contribution in [0.5, 0.6) is 5.75 Å². The van der Waals surface area contributed by atoms with Gasteiger partial charge in [-0.25, -0.2) is 8.42 Å². The van der Waals surface area contributed by atoms with E-state index in [0.717, 1.165) is 11.3 Å². The molecule has 0 N–H and O–H groups in total. The van der Waals surface area contributed by atoms with Crippen molar-refractivity contribution < 1.29 is 13.2 Å². The van der Waals surface area contributed by atoms with Crippen LogP contribution in [0.2, 0.25) is 10.0 Å². The molecule has 140 valence electrons. The number of halogens is 2. The van der Waals surface area contributed by atoms with E-state index < -0.39 is 10.0 Å². The summed E-state index contributed by atoms with van der Waals surface area (Å²) < 4.78 is 32.6. The fourth-order valence-electron chi connectivity index (χ4n) is 3.07. The maximum absolute atomic E-state index is 12.9. The molecule has 8 heteroatoms. The normalized spacial score (nSPS) is 15.9. The smallest absolute Gasteiger partial charge is 0.243 e. The van der Waals surface area contributed by atoms with Crippen LogP contribution in [0.1, 0.15) is 5.56 Å². The van der Waals surface area contributed by atoms with Crippen LogP contribution in [-0.2, 0) is 10.0 Å². The summed E-state index contributed by atoms with van der Waals surface area (Å²) in [5.74, 6) is 0.671. The van der Waals surface area contributed by atoms with Gasteiger partial charge in [0.2, 0.25) is 10.0 Å². The number of benzene rings is 2. The third-order valence-corrected chi connectivity index (χ3v) is 7.22. The van der Waals surface area contributed by atoms with E-state index in [9.17, 15) is 8.42 Å². The predicted molar refractivity (Wildman–Crippen MR) is 105 cm³/mol. The van der Waals surface area contributed by atoms with Gasteiger partial charge in [-0.15, -0.1) is 0 Å². The van der Waals surface area contributed by atoms with Crippen LogP contribution in [0.25, 0.3) is 0 Å². The van der Waals surface area contributed by atoms with Crippen molar-refractivity contribution in [1.82, 2.24) is 4.31 Å². The molecule has 1 fully saturated rings. The first-order valence-electron chi connectivity index (χ1n) is 8.18. The molecular formula is C18H20Cl2N2O3S. The van der Waals surface area contributed by atoms with Gasteiger partial charge in [0.05, 0.1) is 27.7 Å². The van der Waals surface area contributed by atoms with Crippen molar-refractivity contribution in [1.29, 1.82) is 0 Å². The number of methoxy groups -OCH3 is 1. The zero-order valence-electron chi connectivity index (χ0n) is 14.6. The molecule has 0 aromatic heterocycles. The lowest BCUT2D eigenvalue weighted by atomic mass is 10.2. The number of ether oxygens (including phenoxy) is 1. The standard InChI is InChI=1S/C18H20Cl2N2O3S/c1-13-12-14(6-7-17(13)25-2)26(23,24)22-10-8-21(9-11-22)16-5-3-4-15(19)18(16)20/h3-7,12H,8-11H2,1-2H3. The maximum Gasteiger partial charge on any atom is 0.243 e. The van der Waals surface area contributed by atoms with E-state index in [1.807, 2.05) is 19.1 Å². The highest BCUT2D eigenvalue weighted by molar-refractivity contribution is 7.89. The molecule has 0 unspecified atom stereocenters. The van der Waals surface area contributed by atoms with Crippen LogP contribution in [0.15, 0.2) is 41.3 Å². The molecule has 0 amide bonds. The van der Waals surface area contributed by atoms with Gasteiger partial charge in [-0.2, -0.15) is 4.31 Å². The van der Waals surface area contributed by atoms with E-state index in [1.165, 1.54) is 4.31 Å². The minimum Gasteiger partial charge on any atom is -0.496 e. The van der Waals surface area contributed by atoms with Gasteiger partial charge in [0.1, 0.15) is 5.75 Å². The Hall–Kier alpha value is -1.47. The molecule has 1 saturated heterocycles. The van der Waals surface area contributed by atoms with E-state index >= 15 is 0 Å². The van der Waals surface area contributed by atoms with Crippen LogP contribution >= 0.6 is 23.2 Å². The fourth-order valence-corrected chi connectivity index (χ4v) is 4.99. The van der Waals surface area contributed by atoms with E-state index in [2.05, 4.69) is 4.90 Å². The van der Waals surface area contributed by atoms with Gasteiger partial charge in [-0.1, -0.05) is 29.3 Å². The Labute approximate surface area is 164 Å². The topological polar surface area (TPSA) is 49.9 Å². The Morgan fingerprint density at radius 1 is 1.04 bits per heavy atom. The molecule has 5 nitrogen and oxygen atoms in total. The molecule has 26 heavy (non-hydrogen) atoms. The van der Waals surface area contributed by atoms with Gasteiger partial charge in [0, 0.05) is 26.2 Å². The molecule has 0 bridgehead atoms. The lowest BCUT2D eigenvalue weighted by molar-refractivity contribution is 0.384. The van der Waals surface area contributed by atoms with Crippen LogP contribution < -0.4 is 9.64 Å². The third kappa shape index (κ3) is 3.64. The van der Waals surface area contributed by atoms with Crippen molar-refractivity contribution in [3.05, 3.63) is 52.0 Å². The molecule has 2 aromatic carbocycles. The number of hydrogen-bond acceptors (Lipinski definition) is 4. The second-order valence-electron chi connectivity index (χ2n) is 6.10. The average Bonchev–Trinajstić information content (AvgIpc) is 2.64. The highest BCUT2D eigenvalue weighted by Gasteiger charge is 2.29. The summed E-state index contributed by atoms with van der Waals surface area (Å²) in [6, 6.07) is 10.4. The van der Waals surface area contributed by atoms with Gasteiger partial charge in [0.15, 0.2) is 0 Å². The van der Waals surface area contributed by atoms with E-state index in [-0.39, 0.29) is 4.90 Å². The number of nitrogens with zero attached hydrogens (tertiary/aromatic N) is 2. The molecule has 3 rings (SSSR count). The van der Waals surface area contributed by atoms with Crippen molar-refractivity contribution in [2.45, 2.75) is 11.8 Å². The van der Waals surface area contributed by atoms with Gasteiger partial charge >= 0.3 is 0 Å².